The predicted molar refractivity (Wildman–Crippen MR) is 112 cm³/mol. The highest BCUT2D eigenvalue weighted by Gasteiger charge is 2.48. The van der Waals surface area contributed by atoms with Crippen molar-refractivity contribution in [2.24, 2.45) is 11.8 Å². The van der Waals surface area contributed by atoms with E-state index in [0.29, 0.717) is 0 Å². The minimum Gasteiger partial charge on any atom is -0.479 e. The van der Waals surface area contributed by atoms with E-state index in [2.05, 4.69) is 0 Å². The summed E-state index contributed by atoms with van der Waals surface area (Å²) in [6.07, 6.45) is -1.83. The fourth-order valence-electron chi connectivity index (χ4n) is 3.67. The van der Waals surface area contributed by atoms with Gasteiger partial charge in [0.25, 0.3) is 5.69 Å². The minimum atomic E-state index is -1.06. The number of hydrogen-bond donors (Lipinski definition) is 0. The molecule has 2 heterocycles. The molecule has 0 aromatic heterocycles. The van der Waals surface area contributed by atoms with Crippen LogP contribution in [-0.4, -0.2) is 54.9 Å². The van der Waals surface area contributed by atoms with E-state index in [1.54, 1.807) is 19.9 Å². The molecule has 0 radical (unpaired) electrons. The molecule has 0 spiro atoms. The summed E-state index contributed by atoms with van der Waals surface area (Å²) in [4.78, 5) is 35.0. The second-order valence-electron chi connectivity index (χ2n) is 8.38. The number of ether oxygens (including phenoxy) is 6. The Labute approximate surface area is 190 Å². The zero-order valence-corrected chi connectivity index (χ0v) is 19.0. The molecule has 0 unspecified atom stereocenters. The Balaban J connectivity index is 1.81. The van der Waals surface area contributed by atoms with Crippen LogP contribution in [0.1, 0.15) is 27.7 Å². The van der Waals surface area contributed by atoms with Gasteiger partial charge in [0.15, 0.2) is 11.9 Å². The maximum Gasteiger partial charge on any atom is 0.514 e. The summed E-state index contributed by atoms with van der Waals surface area (Å²) in [7, 11) is 1.25. The molecule has 0 N–H and O–H groups in total. The fourth-order valence-corrected chi connectivity index (χ4v) is 3.67. The predicted octanol–water partition coefficient (Wildman–Crippen LogP) is 3.36. The van der Waals surface area contributed by atoms with Crippen molar-refractivity contribution in [2.45, 2.75) is 51.8 Å². The Morgan fingerprint density at radius 2 is 1.88 bits per heavy atom. The van der Waals surface area contributed by atoms with Crippen LogP contribution in [0.5, 0.6) is 5.75 Å². The summed E-state index contributed by atoms with van der Waals surface area (Å²) in [5, 5.41) is 10.8. The van der Waals surface area contributed by atoms with Gasteiger partial charge in [-0.2, -0.15) is 0 Å². The van der Waals surface area contributed by atoms with Gasteiger partial charge in [-0.3, -0.25) is 10.1 Å². The maximum absolute atomic E-state index is 12.6. The largest absolute Gasteiger partial charge is 0.514 e. The van der Waals surface area contributed by atoms with Crippen molar-refractivity contribution >= 4 is 17.8 Å². The van der Waals surface area contributed by atoms with E-state index in [4.69, 9.17) is 28.4 Å². The molecule has 11 nitrogen and oxygen atoms in total. The number of carbonyl (C=O) groups is 2. The number of nitrogens with zero attached hydrogens (tertiary/aromatic N) is 1. The maximum atomic E-state index is 12.6. The standard InChI is InChI=1S/C22H27NO10/c1-12-10-16(20(24)28-5)31-18(13(12)2)19(17-11-29-22(3,4)33-17)32-21(25)30-15-8-6-14(7-9-15)23(26)27/h6-10,12-13,17-19H,11H2,1-5H3/t12-,13+,17+,18+,19+/m0/s1. The highest BCUT2D eigenvalue weighted by Crippen LogP contribution is 2.36. The van der Waals surface area contributed by atoms with Gasteiger partial charge in [0.2, 0.25) is 5.76 Å². The third-order valence-corrected chi connectivity index (χ3v) is 5.61. The van der Waals surface area contributed by atoms with Gasteiger partial charge in [-0.05, 0) is 38.0 Å². The molecule has 33 heavy (non-hydrogen) atoms. The molecule has 1 aromatic rings. The van der Waals surface area contributed by atoms with Crippen LogP contribution >= 0.6 is 0 Å². The van der Waals surface area contributed by atoms with Crippen LogP contribution in [0.2, 0.25) is 0 Å². The SMILES string of the molecule is COC(=O)C1=C[C@H](C)[C@@H](C)[C@H]([C@H](OC(=O)Oc2ccc([N+](=O)[O-])cc2)[C@H]2COC(C)(C)O2)O1. The van der Waals surface area contributed by atoms with Crippen molar-refractivity contribution in [3.63, 3.8) is 0 Å². The van der Waals surface area contributed by atoms with E-state index in [1.165, 1.54) is 31.4 Å². The van der Waals surface area contributed by atoms with Crippen LogP contribution in [0.25, 0.3) is 0 Å². The zero-order chi connectivity index (χ0) is 24.3. The summed E-state index contributed by atoms with van der Waals surface area (Å²) in [5.41, 5.74) is -0.145. The number of carbonyl (C=O) groups excluding carboxylic acids is 2. The lowest BCUT2D eigenvalue weighted by atomic mass is 9.84. The first-order valence-electron chi connectivity index (χ1n) is 10.4. The van der Waals surface area contributed by atoms with Crippen molar-refractivity contribution in [1.29, 1.82) is 0 Å². The van der Waals surface area contributed by atoms with Gasteiger partial charge in [0.05, 0.1) is 18.6 Å². The number of rotatable bonds is 6. The number of methoxy groups -OCH3 is 1. The molecule has 11 heteroatoms. The van der Waals surface area contributed by atoms with Crippen LogP contribution in [0.4, 0.5) is 10.5 Å². The number of nitro benzene ring substituents is 1. The quantitative estimate of drug-likeness (QED) is 0.266. The van der Waals surface area contributed by atoms with E-state index in [0.717, 1.165) is 0 Å². The van der Waals surface area contributed by atoms with E-state index in [1.807, 2.05) is 13.8 Å². The molecule has 0 saturated carbocycles. The second-order valence-corrected chi connectivity index (χ2v) is 8.38. The first-order chi connectivity index (χ1) is 15.5. The minimum absolute atomic E-state index is 0.0172. The van der Waals surface area contributed by atoms with Gasteiger partial charge in [-0.25, -0.2) is 9.59 Å². The average Bonchev–Trinajstić information content (AvgIpc) is 3.13. The van der Waals surface area contributed by atoms with E-state index in [9.17, 15) is 19.7 Å². The van der Waals surface area contributed by atoms with Gasteiger partial charge in [0, 0.05) is 18.1 Å². The van der Waals surface area contributed by atoms with Gasteiger partial charge in [-0.15, -0.1) is 0 Å². The van der Waals surface area contributed by atoms with Crippen LogP contribution in [0.15, 0.2) is 36.1 Å². The van der Waals surface area contributed by atoms with Crippen LogP contribution < -0.4 is 4.74 Å². The lowest BCUT2D eigenvalue weighted by Crippen LogP contribution is -2.50. The molecule has 5 atom stereocenters. The number of non-ortho nitro benzene ring substituents is 1. The van der Waals surface area contributed by atoms with Crippen molar-refractivity contribution in [3.05, 3.63) is 46.2 Å². The number of nitro groups is 1. The van der Waals surface area contributed by atoms with Gasteiger partial charge in [-0.1, -0.05) is 13.8 Å². The molecule has 0 bridgehead atoms. The molecule has 2 aliphatic heterocycles. The summed E-state index contributed by atoms with van der Waals surface area (Å²) in [6.45, 7) is 7.39. The molecular weight excluding hydrogens is 438 g/mol. The summed E-state index contributed by atoms with van der Waals surface area (Å²) in [6, 6.07) is 4.98. The third kappa shape index (κ3) is 5.79. The first kappa shape index (κ1) is 24.5. The monoisotopic (exact) mass is 465 g/mol. The summed E-state index contributed by atoms with van der Waals surface area (Å²) in [5.74, 6) is -1.72. The number of esters is 1. The molecule has 0 amide bonds. The third-order valence-electron chi connectivity index (χ3n) is 5.61. The van der Waals surface area contributed by atoms with E-state index < -0.39 is 41.1 Å². The van der Waals surface area contributed by atoms with Gasteiger partial charge in [0.1, 0.15) is 18.0 Å². The van der Waals surface area contributed by atoms with E-state index in [-0.39, 0.29) is 35.6 Å². The molecule has 1 aromatic carbocycles. The van der Waals surface area contributed by atoms with Crippen LogP contribution in [-0.2, 0) is 28.5 Å². The number of allylic oxidation sites excluding steroid dienone is 1. The lowest BCUT2D eigenvalue weighted by Gasteiger charge is -2.38. The molecule has 0 aliphatic carbocycles. The highest BCUT2D eigenvalue weighted by atomic mass is 16.8. The first-order valence-corrected chi connectivity index (χ1v) is 10.4. The molecule has 2 aliphatic rings. The summed E-state index contributed by atoms with van der Waals surface area (Å²) >= 11 is 0. The fraction of sp³-hybridized carbons (Fsp3) is 0.545. The second kappa shape index (κ2) is 9.75. The Morgan fingerprint density at radius 3 is 2.42 bits per heavy atom. The Hall–Kier alpha value is -3.18. The number of benzene rings is 1. The Bertz CT molecular complexity index is 926. The van der Waals surface area contributed by atoms with Crippen LogP contribution in [0, 0.1) is 22.0 Å². The molecular formula is C22H27NO10. The van der Waals surface area contributed by atoms with Gasteiger partial charge < -0.3 is 28.4 Å². The normalized spacial score (nSPS) is 27.0. The smallest absolute Gasteiger partial charge is 0.479 e. The van der Waals surface area contributed by atoms with Crippen molar-refractivity contribution in [2.75, 3.05) is 13.7 Å². The highest BCUT2D eigenvalue weighted by molar-refractivity contribution is 5.86. The topological polar surface area (TPSA) is 133 Å². The van der Waals surface area contributed by atoms with E-state index >= 15 is 0 Å². The van der Waals surface area contributed by atoms with Crippen molar-refractivity contribution in [3.8, 4) is 5.75 Å². The molecule has 180 valence electrons. The van der Waals surface area contributed by atoms with Crippen molar-refractivity contribution in [1.82, 2.24) is 0 Å². The Kier molecular flexibility index (Phi) is 7.23. The van der Waals surface area contributed by atoms with Crippen molar-refractivity contribution < 1.29 is 42.9 Å². The molecule has 1 saturated heterocycles. The summed E-state index contributed by atoms with van der Waals surface area (Å²) < 4.78 is 33.1. The number of hydrogen-bond acceptors (Lipinski definition) is 10. The van der Waals surface area contributed by atoms with Crippen LogP contribution in [0.3, 0.4) is 0 Å². The molecule has 1 fully saturated rings. The van der Waals surface area contributed by atoms with Gasteiger partial charge >= 0.3 is 12.1 Å². The zero-order valence-electron chi connectivity index (χ0n) is 19.0. The Morgan fingerprint density at radius 1 is 1.21 bits per heavy atom. The lowest BCUT2D eigenvalue weighted by molar-refractivity contribution is -0.384. The average molecular weight is 465 g/mol. The molecule has 3 rings (SSSR count).